The van der Waals surface area contributed by atoms with Gasteiger partial charge in [0.25, 0.3) is 0 Å². The Morgan fingerprint density at radius 3 is 1.90 bits per heavy atom. The highest BCUT2D eigenvalue weighted by atomic mass is 16.6. The van der Waals surface area contributed by atoms with Gasteiger partial charge in [0.2, 0.25) is 5.91 Å². The van der Waals surface area contributed by atoms with E-state index >= 15 is 0 Å². The van der Waals surface area contributed by atoms with E-state index in [2.05, 4.69) is 5.32 Å². The zero-order chi connectivity index (χ0) is 15.9. The molecule has 3 N–H and O–H groups in total. The first-order chi connectivity index (χ1) is 10.1. The van der Waals surface area contributed by atoms with Crippen molar-refractivity contribution in [1.82, 2.24) is 5.32 Å². The topological polar surface area (TPSA) is 92.0 Å². The van der Waals surface area contributed by atoms with Crippen LogP contribution in [0.1, 0.15) is 13.8 Å². The van der Waals surface area contributed by atoms with Gasteiger partial charge in [-0.25, -0.2) is 0 Å². The lowest BCUT2D eigenvalue weighted by Crippen LogP contribution is -2.44. The predicted octanol–water partition coefficient (Wildman–Crippen LogP) is -0.218. The molecule has 7 heteroatoms. The molecule has 7 nitrogen and oxygen atoms in total. The minimum absolute atomic E-state index is 0.130. The van der Waals surface area contributed by atoms with Crippen LogP contribution in [0, 0.1) is 5.92 Å². The number of hydrogen-bond acceptors (Lipinski definition) is 6. The molecule has 0 heterocycles. The lowest BCUT2D eigenvalue weighted by molar-refractivity contribution is -0.123. The summed E-state index contributed by atoms with van der Waals surface area (Å²) in [5.41, 5.74) is 5.71. The van der Waals surface area contributed by atoms with Gasteiger partial charge in [-0.15, -0.1) is 0 Å². The SMILES string of the molecule is COCCOCCOCCOCCNC(=O)[C@@H](N)C(C)C. The number of carbonyl (C=O) groups excluding carboxylic acids is 1. The third-order valence-corrected chi connectivity index (χ3v) is 2.74. The maximum absolute atomic E-state index is 11.5. The highest BCUT2D eigenvalue weighted by Crippen LogP contribution is 1.97. The van der Waals surface area contributed by atoms with Gasteiger partial charge in [0.15, 0.2) is 0 Å². The largest absolute Gasteiger partial charge is 0.382 e. The van der Waals surface area contributed by atoms with Crippen LogP contribution >= 0.6 is 0 Å². The molecule has 0 aromatic carbocycles. The Morgan fingerprint density at radius 2 is 1.43 bits per heavy atom. The number of rotatable bonds is 14. The Bertz CT molecular complexity index is 252. The van der Waals surface area contributed by atoms with Crippen LogP contribution in [-0.4, -0.2) is 71.9 Å². The summed E-state index contributed by atoms with van der Waals surface area (Å²) in [5, 5.41) is 2.73. The third kappa shape index (κ3) is 12.7. The van der Waals surface area contributed by atoms with Gasteiger partial charge >= 0.3 is 0 Å². The normalized spacial score (nSPS) is 12.6. The van der Waals surface area contributed by atoms with Crippen molar-refractivity contribution in [2.75, 3.05) is 59.9 Å². The van der Waals surface area contributed by atoms with Crippen molar-refractivity contribution in [3.63, 3.8) is 0 Å². The minimum atomic E-state index is -0.466. The van der Waals surface area contributed by atoms with E-state index in [0.29, 0.717) is 52.8 Å². The summed E-state index contributed by atoms with van der Waals surface area (Å²) in [6, 6.07) is -0.466. The second-order valence-corrected chi connectivity index (χ2v) is 4.89. The predicted molar refractivity (Wildman–Crippen MR) is 80.2 cm³/mol. The number of carbonyl (C=O) groups is 1. The molecular formula is C14H30N2O5. The molecule has 1 amide bonds. The maximum Gasteiger partial charge on any atom is 0.237 e. The van der Waals surface area contributed by atoms with E-state index in [1.54, 1.807) is 7.11 Å². The van der Waals surface area contributed by atoms with Crippen LogP contribution in [0.2, 0.25) is 0 Å². The summed E-state index contributed by atoms with van der Waals surface area (Å²) in [5.74, 6) is -0.0107. The van der Waals surface area contributed by atoms with E-state index in [1.165, 1.54) is 0 Å². The van der Waals surface area contributed by atoms with Crippen LogP contribution in [0.25, 0.3) is 0 Å². The Labute approximate surface area is 127 Å². The lowest BCUT2D eigenvalue weighted by atomic mass is 10.1. The van der Waals surface area contributed by atoms with E-state index in [-0.39, 0.29) is 11.8 Å². The number of ether oxygens (including phenoxy) is 4. The van der Waals surface area contributed by atoms with Crippen molar-refractivity contribution in [3.8, 4) is 0 Å². The summed E-state index contributed by atoms with van der Waals surface area (Å²) in [7, 11) is 1.64. The Morgan fingerprint density at radius 1 is 0.952 bits per heavy atom. The van der Waals surface area contributed by atoms with E-state index in [1.807, 2.05) is 13.8 Å². The first kappa shape index (κ1) is 20.3. The van der Waals surface area contributed by atoms with Crippen LogP contribution in [-0.2, 0) is 23.7 Å². The highest BCUT2D eigenvalue weighted by Gasteiger charge is 2.15. The Balaban J connectivity index is 3.21. The lowest BCUT2D eigenvalue weighted by Gasteiger charge is -2.15. The number of methoxy groups -OCH3 is 1. The molecule has 0 unspecified atom stereocenters. The molecule has 0 aliphatic carbocycles. The van der Waals surface area contributed by atoms with Crippen LogP contribution in [0.3, 0.4) is 0 Å². The van der Waals surface area contributed by atoms with Gasteiger partial charge in [-0.1, -0.05) is 13.8 Å². The highest BCUT2D eigenvalue weighted by molar-refractivity contribution is 5.81. The minimum Gasteiger partial charge on any atom is -0.382 e. The fourth-order valence-electron chi connectivity index (χ4n) is 1.35. The molecule has 0 saturated heterocycles. The van der Waals surface area contributed by atoms with Crippen LogP contribution < -0.4 is 11.1 Å². The van der Waals surface area contributed by atoms with Crippen molar-refractivity contribution >= 4 is 5.91 Å². The molecule has 0 aliphatic heterocycles. The molecule has 21 heavy (non-hydrogen) atoms. The number of hydrogen-bond donors (Lipinski definition) is 2. The van der Waals surface area contributed by atoms with Gasteiger partial charge in [0.1, 0.15) is 0 Å². The Kier molecular flexibility index (Phi) is 13.7. The van der Waals surface area contributed by atoms with Crippen LogP contribution in [0.5, 0.6) is 0 Å². The zero-order valence-electron chi connectivity index (χ0n) is 13.4. The number of nitrogens with one attached hydrogen (secondary N) is 1. The average molecular weight is 306 g/mol. The summed E-state index contributed by atoms with van der Waals surface area (Å²) in [6.07, 6.45) is 0. The quantitative estimate of drug-likeness (QED) is 0.431. The monoisotopic (exact) mass is 306 g/mol. The van der Waals surface area contributed by atoms with Crippen LogP contribution in [0.4, 0.5) is 0 Å². The molecule has 0 bridgehead atoms. The van der Waals surface area contributed by atoms with Gasteiger partial charge in [-0.2, -0.15) is 0 Å². The molecule has 0 aromatic heterocycles. The summed E-state index contributed by atoms with van der Waals surface area (Å²) < 4.78 is 20.7. The van der Waals surface area contributed by atoms with E-state index in [4.69, 9.17) is 24.7 Å². The molecule has 0 fully saturated rings. The molecule has 1 atom stereocenters. The molecule has 0 aromatic rings. The second kappa shape index (κ2) is 14.2. The van der Waals surface area contributed by atoms with E-state index in [9.17, 15) is 4.79 Å². The standard InChI is InChI=1S/C14H30N2O5/c1-12(2)13(15)14(17)16-4-5-19-8-9-21-11-10-20-7-6-18-3/h12-13H,4-11,15H2,1-3H3,(H,16,17)/t13-/m0/s1. The smallest absolute Gasteiger partial charge is 0.237 e. The molecule has 0 aliphatic rings. The molecule has 0 saturated carbocycles. The zero-order valence-corrected chi connectivity index (χ0v) is 13.4. The molecule has 0 rings (SSSR count). The summed E-state index contributed by atoms with van der Waals surface area (Å²) in [6.45, 7) is 7.98. The second-order valence-electron chi connectivity index (χ2n) is 4.89. The first-order valence-electron chi connectivity index (χ1n) is 7.35. The fraction of sp³-hybridized carbons (Fsp3) is 0.929. The molecule has 0 radical (unpaired) electrons. The van der Waals surface area contributed by atoms with Crippen molar-refractivity contribution in [1.29, 1.82) is 0 Å². The fourth-order valence-corrected chi connectivity index (χ4v) is 1.35. The molecule has 126 valence electrons. The van der Waals surface area contributed by atoms with Gasteiger partial charge < -0.3 is 30.0 Å². The van der Waals surface area contributed by atoms with Crippen molar-refractivity contribution in [2.45, 2.75) is 19.9 Å². The summed E-state index contributed by atoms with van der Waals surface area (Å²) >= 11 is 0. The van der Waals surface area contributed by atoms with Crippen molar-refractivity contribution < 1.29 is 23.7 Å². The number of amides is 1. The molecular weight excluding hydrogens is 276 g/mol. The maximum atomic E-state index is 11.5. The van der Waals surface area contributed by atoms with Gasteiger partial charge in [-0.05, 0) is 5.92 Å². The van der Waals surface area contributed by atoms with Gasteiger partial charge in [-0.3, -0.25) is 4.79 Å². The van der Waals surface area contributed by atoms with Crippen molar-refractivity contribution in [3.05, 3.63) is 0 Å². The van der Waals surface area contributed by atoms with Crippen LogP contribution in [0.15, 0.2) is 0 Å². The Hall–Kier alpha value is -0.730. The van der Waals surface area contributed by atoms with E-state index in [0.717, 1.165) is 0 Å². The van der Waals surface area contributed by atoms with Gasteiger partial charge in [0.05, 0.1) is 52.3 Å². The molecule has 0 spiro atoms. The van der Waals surface area contributed by atoms with E-state index < -0.39 is 6.04 Å². The first-order valence-corrected chi connectivity index (χ1v) is 7.35. The average Bonchev–Trinajstić information content (AvgIpc) is 2.47. The van der Waals surface area contributed by atoms with Crippen molar-refractivity contribution in [2.24, 2.45) is 11.7 Å². The third-order valence-electron chi connectivity index (χ3n) is 2.74. The van der Waals surface area contributed by atoms with Gasteiger partial charge in [0, 0.05) is 13.7 Å². The summed E-state index contributed by atoms with van der Waals surface area (Å²) in [4.78, 5) is 11.5. The number of nitrogens with two attached hydrogens (primary N) is 1.